The Kier molecular flexibility index (Phi) is 13.0. The smallest absolute Gasteiger partial charge is 0.152 e. The van der Waals surface area contributed by atoms with Crippen molar-refractivity contribution in [2.24, 2.45) is 0 Å². The first kappa shape index (κ1) is 30.6. The highest BCUT2D eigenvalue weighted by molar-refractivity contribution is 9.11. The highest BCUT2D eigenvalue weighted by atomic mass is 79.9. The lowest BCUT2D eigenvalue weighted by Crippen LogP contribution is -1.86. The van der Waals surface area contributed by atoms with E-state index >= 15 is 0 Å². The average molecular weight is 715 g/mol. The van der Waals surface area contributed by atoms with Gasteiger partial charge in [0.1, 0.15) is 0 Å². The number of nitrogens with zero attached hydrogens (tertiary/aromatic N) is 2. The molecule has 4 heterocycles. The fraction of sp³-hybridized carbons (Fsp3) is 0.533. The van der Waals surface area contributed by atoms with Gasteiger partial charge < -0.3 is 0 Å². The van der Waals surface area contributed by atoms with Crippen LogP contribution in [0.2, 0.25) is 0 Å². The molecule has 0 spiro atoms. The first-order valence-electron chi connectivity index (χ1n) is 14.1. The van der Waals surface area contributed by atoms with E-state index in [0.29, 0.717) is 0 Å². The molecule has 206 valence electrons. The molecule has 0 aliphatic carbocycles. The second kappa shape index (κ2) is 16.2. The molecule has 0 aromatic carbocycles. The van der Waals surface area contributed by atoms with E-state index in [2.05, 4.69) is 70.2 Å². The number of unbranched alkanes of at least 4 members (excludes halogenated alkanes) is 10. The molecule has 0 unspecified atom stereocenters. The summed E-state index contributed by atoms with van der Waals surface area (Å²) in [7, 11) is 0. The van der Waals surface area contributed by atoms with E-state index in [1.807, 2.05) is 22.7 Å². The predicted molar refractivity (Wildman–Crippen MR) is 179 cm³/mol. The lowest BCUT2D eigenvalue weighted by Gasteiger charge is -2.02. The van der Waals surface area contributed by atoms with Crippen molar-refractivity contribution in [1.29, 1.82) is 0 Å². The van der Waals surface area contributed by atoms with Crippen molar-refractivity contribution >= 4 is 77.2 Å². The van der Waals surface area contributed by atoms with Crippen LogP contribution in [-0.2, 0) is 12.8 Å². The number of halogens is 2. The number of hydrogen-bond acceptors (Lipinski definition) is 6. The normalized spacial score (nSPS) is 11.6. The number of hydrogen-bond donors (Lipinski definition) is 0. The van der Waals surface area contributed by atoms with Crippen molar-refractivity contribution in [1.82, 2.24) is 9.97 Å². The Bertz CT molecular complexity index is 1160. The van der Waals surface area contributed by atoms with Crippen LogP contribution in [-0.4, -0.2) is 9.97 Å². The van der Waals surface area contributed by atoms with E-state index in [1.54, 1.807) is 22.7 Å². The molecule has 0 saturated carbocycles. The second-order valence-corrected chi connectivity index (χ2v) is 16.8. The molecule has 8 heteroatoms. The maximum absolute atomic E-state index is 4.82. The first-order valence-corrected chi connectivity index (χ1v) is 18.9. The highest BCUT2D eigenvalue weighted by Crippen LogP contribution is 2.44. The van der Waals surface area contributed by atoms with E-state index in [0.717, 1.165) is 22.9 Å². The minimum absolute atomic E-state index is 1.03. The molecule has 2 nitrogen and oxygen atoms in total. The van der Waals surface area contributed by atoms with Gasteiger partial charge in [-0.25, -0.2) is 9.97 Å². The van der Waals surface area contributed by atoms with Gasteiger partial charge in [0, 0.05) is 12.4 Å². The number of thiazole rings is 2. The van der Waals surface area contributed by atoms with Crippen LogP contribution in [0.3, 0.4) is 0 Å². The summed E-state index contributed by atoms with van der Waals surface area (Å²) < 4.78 is 2.42. The largest absolute Gasteiger partial charge is 0.241 e. The van der Waals surface area contributed by atoms with Gasteiger partial charge in [-0.3, -0.25) is 0 Å². The van der Waals surface area contributed by atoms with Gasteiger partial charge in [-0.05, 0) is 80.8 Å². The van der Waals surface area contributed by atoms with Crippen LogP contribution >= 0.6 is 77.2 Å². The third-order valence-corrected chi connectivity index (χ3v) is 12.7. The molecule has 0 radical (unpaired) electrons. The molecule has 0 saturated heterocycles. The van der Waals surface area contributed by atoms with E-state index in [1.165, 1.54) is 115 Å². The van der Waals surface area contributed by atoms with E-state index in [9.17, 15) is 0 Å². The Morgan fingerprint density at radius 3 is 1.37 bits per heavy atom. The molecule has 4 aromatic rings. The molecular formula is C30H38Br2N2S4. The van der Waals surface area contributed by atoms with Gasteiger partial charge in [-0.2, -0.15) is 0 Å². The Hall–Kier alpha value is -0.380. The zero-order valence-electron chi connectivity index (χ0n) is 22.5. The van der Waals surface area contributed by atoms with Gasteiger partial charge in [0.25, 0.3) is 0 Å². The first-order chi connectivity index (χ1) is 18.6. The lowest BCUT2D eigenvalue weighted by molar-refractivity contribution is 0.608. The Balaban J connectivity index is 1.40. The summed E-state index contributed by atoms with van der Waals surface area (Å²) in [4.78, 5) is 14.9. The zero-order chi connectivity index (χ0) is 26.7. The molecule has 0 aliphatic rings. The van der Waals surface area contributed by atoms with Crippen LogP contribution in [0.5, 0.6) is 0 Å². The van der Waals surface area contributed by atoms with Crippen LogP contribution < -0.4 is 0 Å². The minimum atomic E-state index is 1.03. The van der Waals surface area contributed by atoms with Crippen molar-refractivity contribution in [2.45, 2.75) is 104 Å². The summed E-state index contributed by atoms with van der Waals surface area (Å²) in [5.41, 5.74) is 2.91. The summed E-state index contributed by atoms with van der Waals surface area (Å²) in [6.07, 6.45) is 22.3. The summed E-state index contributed by atoms with van der Waals surface area (Å²) in [6, 6.07) is 4.62. The van der Waals surface area contributed by atoms with Crippen molar-refractivity contribution in [3.05, 3.63) is 43.2 Å². The Morgan fingerprint density at radius 2 is 0.947 bits per heavy atom. The Labute approximate surface area is 261 Å². The average Bonchev–Trinajstić information content (AvgIpc) is 3.69. The molecule has 0 fully saturated rings. The molecule has 0 amide bonds. The van der Waals surface area contributed by atoms with Gasteiger partial charge in [-0.15, -0.1) is 45.3 Å². The molecular weight excluding hydrogens is 676 g/mol. The molecule has 0 aliphatic heterocycles. The van der Waals surface area contributed by atoms with Crippen LogP contribution in [0.1, 0.15) is 102 Å². The molecule has 0 bridgehead atoms. The molecule has 4 rings (SSSR count). The zero-order valence-corrected chi connectivity index (χ0v) is 28.9. The molecule has 0 atom stereocenters. The summed E-state index contributed by atoms with van der Waals surface area (Å²) in [5, 5.41) is 2.05. The van der Waals surface area contributed by atoms with E-state index in [-0.39, 0.29) is 0 Å². The van der Waals surface area contributed by atoms with Crippen molar-refractivity contribution in [2.75, 3.05) is 0 Å². The van der Waals surface area contributed by atoms with Crippen molar-refractivity contribution < 1.29 is 0 Å². The van der Waals surface area contributed by atoms with Crippen molar-refractivity contribution in [3.63, 3.8) is 0 Å². The number of rotatable bonds is 17. The number of aromatic nitrogens is 2. The fourth-order valence-electron chi connectivity index (χ4n) is 4.73. The standard InChI is InChI=1S/C30H38Br2N2S4/c1-3-5-7-9-11-13-15-21-17-25(31)37-27(21)23-19-33-29(35-23)30-34-20-24(36-30)28-22(18-26(32)38-28)16-14-12-10-8-6-4-2/h17-20H,3-16H2,1-2H3. The third kappa shape index (κ3) is 8.81. The van der Waals surface area contributed by atoms with Crippen LogP contribution in [0, 0.1) is 0 Å². The van der Waals surface area contributed by atoms with Gasteiger partial charge in [-0.1, -0.05) is 78.1 Å². The minimum Gasteiger partial charge on any atom is -0.241 e. The van der Waals surface area contributed by atoms with Crippen molar-refractivity contribution in [3.8, 4) is 29.5 Å². The topological polar surface area (TPSA) is 25.8 Å². The molecule has 0 N–H and O–H groups in total. The van der Waals surface area contributed by atoms with Gasteiger partial charge in [0.05, 0.1) is 27.1 Å². The van der Waals surface area contributed by atoms with Gasteiger partial charge >= 0.3 is 0 Å². The summed E-state index contributed by atoms with van der Waals surface area (Å²) in [5.74, 6) is 0. The van der Waals surface area contributed by atoms with E-state index < -0.39 is 0 Å². The maximum Gasteiger partial charge on any atom is 0.152 e. The fourth-order valence-corrected chi connectivity index (χ4v) is 10.2. The number of aryl methyl sites for hydroxylation is 2. The predicted octanol–water partition coefficient (Wildman–Crippen LogP) is 13.1. The van der Waals surface area contributed by atoms with Crippen LogP contribution in [0.4, 0.5) is 0 Å². The SMILES string of the molecule is CCCCCCCCc1cc(Br)sc1-c1cnc(-c2ncc(-c3sc(Br)cc3CCCCCCCC)s2)s1. The monoisotopic (exact) mass is 712 g/mol. The molecule has 4 aromatic heterocycles. The molecule has 38 heavy (non-hydrogen) atoms. The summed E-state index contributed by atoms with van der Waals surface area (Å²) >= 11 is 14.7. The van der Waals surface area contributed by atoms with Crippen LogP contribution in [0.25, 0.3) is 29.5 Å². The number of thiophene rings is 2. The maximum atomic E-state index is 4.82. The van der Waals surface area contributed by atoms with Gasteiger partial charge in [0.15, 0.2) is 10.0 Å². The Morgan fingerprint density at radius 1 is 0.553 bits per heavy atom. The quantitative estimate of drug-likeness (QED) is 0.102. The van der Waals surface area contributed by atoms with Gasteiger partial charge in [0.2, 0.25) is 0 Å². The lowest BCUT2D eigenvalue weighted by atomic mass is 10.1. The second-order valence-electron chi connectivity index (χ2n) is 9.90. The van der Waals surface area contributed by atoms with Crippen LogP contribution in [0.15, 0.2) is 32.1 Å². The highest BCUT2D eigenvalue weighted by Gasteiger charge is 2.18. The van der Waals surface area contributed by atoms with E-state index in [4.69, 9.17) is 9.97 Å². The third-order valence-electron chi connectivity index (χ3n) is 6.80. The summed E-state index contributed by atoms with van der Waals surface area (Å²) in [6.45, 7) is 4.56.